The van der Waals surface area contributed by atoms with Gasteiger partial charge in [-0.2, -0.15) is 0 Å². The Kier molecular flexibility index (Phi) is 3.70. The van der Waals surface area contributed by atoms with Gasteiger partial charge in [-0.05, 0) is 5.92 Å². The average Bonchev–Trinajstić information content (AvgIpc) is 2.03. The Labute approximate surface area is 81.8 Å². The minimum Gasteiger partial charge on any atom is -0.316 e. The summed E-state index contributed by atoms with van der Waals surface area (Å²) >= 11 is 0. The van der Waals surface area contributed by atoms with Crippen LogP contribution in [0.15, 0.2) is 0 Å². The molecule has 2 atom stereocenters. The van der Waals surface area contributed by atoms with Gasteiger partial charge in [-0.3, -0.25) is 0 Å². The van der Waals surface area contributed by atoms with Crippen molar-refractivity contribution in [2.75, 3.05) is 13.7 Å². The molecule has 0 spiro atoms. The van der Waals surface area contributed by atoms with Gasteiger partial charge in [-0.25, -0.2) is 0 Å². The Bertz CT molecular complexity index is 170. The van der Waals surface area contributed by atoms with Crippen LogP contribution in [0.5, 0.6) is 0 Å². The van der Waals surface area contributed by atoms with Gasteiger partial charge >= 0.3 is 8.60 Å². The second-order valence-corrected chi connectivity index (χ2v) is 5.72. The highest BCUT2D eigenvalue weighted by Gasteiger charge is 2.40. The molecule has 1 aliphatic rings. The average molecular weight is 206 g/mol. The highest BCUT2D eigenvalue weighted by molar-refractivity contribution is 7.41. The van der Waals surface area contributed by atoms with E-state index in [0.29, 0.717) is 5.92 Å². The molecule has 0 saturated carbocycles. The van der Waals surface area contributed by atoms with Gasteiger partial charge in [0, 0.05) is 12.5 Å². The van der Waals surface area contributed by atoms with Crippen molar-refractivity contribution in [1.29, 1.82) is 0 Å². The molecule has 13 heavy (non-hydrogen) atoms. The minimum atomic E-state index is -1.10. The lowest BCUT2D eigenvalue weighted by atomic mass is 9.81. The zero-order valence-corrected chi connectivity index (χ0v) is 9.93. The van der Waals surface area contributed by atoms with Crippen LogP contribution in [0.3, 0.4) is 0 Å². The van der Waals surface area contributed by atoms with Gasteiger partial charge in [0.2, 0.25) is 0 Å². The van der Waals surface area contributed by atoms with E-state index in [1.54, 1.807) is 7.11 Å². The Morgan fingerprint density at radius 1 is 1.46 bits per heavy atom. The lowest BCUT2D eigenvalue weighted by molar-refractivity contribution is -0.0520. The molecule has 0 bridgehead atoms. The molecular formula is C9H19O3P. The molecule has 0 radical (unpaired) electrons. The Hall–Kier alpha value is 0.310. The fourth-order valence-corrected chi connectivity index (χ4v) is 3.09. The van der Waals surface area contributed by atoms with Crippen LogP contribution in [0.4, 0.5) is 0 Å². The van der Waals surface area contributed by atoms with Crippen LogP contribution < -0.4 is 0 Å². The molecule has 1 aliphatic heterocycles. The smallest absolute Gasteiger partial charge is 0.316 e. The fourth-order valence-electron chi connectivity index (χ4n) is 1.69. The first-order valence-electron chi connectivity index (χ1n) is 4.61. The molecule has 1 fully saturated rings. The second-order valence-electron chi connectivity index (χ2n) is 4.44. The zero-order valence-electron chi connectivity index (χ0n) is 9.03. The van der Waals surface area contributed by atoms with E-state index < -0.39 is 8.60 Å². The molecule has 0 unspecified atom stereocenters. The van der Waals surface area contributed by atoms with Crippen molar-refractivity contribution in [2.24, 2.45) is 11.3 Å². The first-order valence-corrected chi connectivity index (χ1v) is 5.71. The monoisotopic (exact) mass is 206 g/mol. The minimum absolute atomic E-state index is 0.0888. The van der Waals surface area contributed by atoms with Crippen molar-refractivity contribution >= 4 is 8.60 Å². The van der Waals surface area contributed by atoms with Crippen molar-refractivity contribution in [3.05, 3.63) is 0 Å². The maximum Gasteiger partial charge on any atom is 0.332 e. The van der Waals surface area contributed by atoms with Crippen LogP contribution in [0, 0.1) is 11.3 Å². The lowest BCUT2D eigenvalue weighted by Crippen LogP contribution is -2.41. The van der Waals surface area contributed by atoms with Gasteiger partial charge in [-0.15, -0.1) is 0 Å². The van der Waals surface area contributed by atoms with Crippen LogP contribution in [0.1, 0.15) is 27.7 Å². The summed E-state index contributed by atoms with van der Waals surface area (Å²) in [5.74, 6) is 0.499. The largest absolute Gasteiger partial charge is 0.332 e. The summed E-state index contributed by atoms with van der Waals surface area (Å²) in [6, 6.07) is 0. The van der Waals surface area contributed by atoms with Crippen LogP contribution in [0.2, 0.25) is 0 Å². The van der Waals surface area contributed by atoms with Gasteiger partial charge in [0.25, 0.3) is 0 Å². The number of rotatable bonds is 2. The first-order chi connectivity index (χ1) is 5.97. The normalized spacial score (nSPS) is 33.7. The summed E-state index contributed by atoms with van der Waals surface area (Å²) in [5, 5.41) is 0. The molecule has 1 saturated heterocycles. The van der Waals surface area contributed by atoms with Crippen molar-refractivity contribution < 1.29 is 13.6 Å². The van der Waals surface area contributed by atoms with E-state index in [1.165, 1.54) is 0 Å². The van der Waals surface area contributed by atoms with Crippen molar-refractivity contribution in [1.82, 2.24) is 0 Å². The van der Waals surface area contributed by atoms with Gasteiger partial charge in [0.1, 0.15) is 0 Å². The molecule has 0 aromatic carbocycles. The standard InChI is InChI=1S/C9H19O3P/c1-7(2)8-9(3,4)6-11-13(10-5)12-8/h7-8H,6H2,1-5H3/t8-,13-/m1/s1. The Balaban J connectivity index is 2.64. The zero-order chi connectivity index (χ0) is 10.1. The molecule has 4 heteroatoms. The van der Waals surface area contributed by atoms with Crippen molar-refractivity contribution in [3.63, 3.8) is 0 Å². The van der Waals surface area contributed by atoms with Gasteiger partial charge < -0.3 is 13.6 Å². The van der Waals surface area contributed by atoms with E-state index in [-0.39, 0.29) is 11.5 Å². The molecule has 0 N–H and O–H groups in total. The Morgan fingerprint density at radius 2 is 2.08 bits per heavy atom. The molecule has 0 aromatic rings. The van der Waals surface area contributed by atoms with Crippen LogP contribution in [-0.2, 0) is 13.6 Å². The predicted octanol–water partition coefficient (Wildman–Crippen LogP) is 2.96. The third kappa shape index (κ3) is 2.63. The third-order valence-corrected chi connectivity index (χ3v) is 3.30. The quantitative estimate of drug-likeness (QED) is 0.650. The molecular weight excluding hydrogens is 187 g/mol. The molecule has 1 rings (SSSR count). The van der Waals surface area contributed by atoms with Crippen LogP contribution >= 0.6 is 8.60 Å². The first kappa shape index (κ1) is 11.4. The highest BCUT2D eigenvalue weighted by Crippen LogP contribution is 2.51. The predicted molar refractivity (Wildman–Crippen MR) is 53.4 cm³/mol. The summed E-state index contributed by atoms with van der Waals surface area (Å²) < 4.78 is 16.3. The number of hydrogen-bond donors (Lipinski definition) is 0. The highest BCUT2D eigenvalue weighted by atomic mass is 31.2. The molecule has 3 nitrogen and oxygen atoms in total. The van der Waals surface area contributed by atoms with E-state index in [0.717, 1.165) is 6.61 Å². The summed E-state index contributed by atoms with van der Waals surface area (Å²) in [4.78, 5) is 0. The molecule has 0 aliphatic carbocycles. The number of hydrogen-bond acceptors (Lipinski definition) is 3. The molecule has 0 aromatic heterocycles. The molecule has 78 valence electrons. The molecule has 1 heterocycles. The van der Waals surface area contributed by atoms with E-state index in [2.05, 4.69) is 27.7 Å². The van der Waals surface area contributed by atoms with Crippen LogP contribution in [-0.4, -0.2) is 19.8 Å². The van der Waals surface area contributed by atoms with Gasteiger partial charge in [0.05, 0.1) is 12.7 Å². The van der Waals surface area contributed by atoms with E-state index in [1.807, 2.05) is 0 Å². The SMILES string of the molecule is CO[P@]1OCC(C)(C)[C@@H](C(C)C)O1. The van der Waals surface area contributed by atoms with E-state index in [9.17, 15) is 0 Å². The summed E-state index contributed by atoms with van der Waals surface area (Å²) in [6.45, 7) is 9.39. The van der Waals surface area contributed by atoms with E-state index >= 15 is 0 Å². The topological polar surface area (TPSA) is 27.7 Å². The van der Waals surface area contributed by atoms with Gasteiger partial charge in [-0.1, -0.05) is 27.7 Å². The Morgan fingerprint density at radius 3 is 2.54 bits per heavy atom. The molecule has 0 amide bonds. The van der Waals surface area contributed by atoms with Gasteiger partial charge in [0.15, 0.2) is 0 Å². The van der Waals surface area contributed by atoms with Crippen molar-refractivity contribution in [2.45, 2.75) is 33.8 Å². The lowest BCUT2D eigenvalue weighted by Gasteiger charge is -2.42. The van der Waals surface area contributed by atoms with Crippen LogP contribution in [0.25, 0.3) is 0 Å². The fraction of sp³-hybridized carbons (Fsp3) is 1.00. The third-order valence-electron chi connectivity index (χ3n) is 2.27. The van der Waals surface area contributed by atoms with Crippen molar-refractivity contribution in [3.8, 4) is 0 Å². The van der Waals surface area contributed by atoms with E-state index in [4.69, 9.17) is 13.6 Å². The maximum atomic E-state index is 5.73. The summed E-state index contributed by atoms with van der Waals surface area (Å²) in [6.07, 6.45) is 0.229. The summed E-state index contributed by atoms with van der Waals surface area (Å²) in [7, 11) is 0.527. The second kappa shape index (κ2) is 4.22. The maximum absolute atomic E-state index is 5.73. The summed E-state index contributed by atoms with van der Waals surface area (Å²) in [5.41, 5.74) is 0.0888.